The molecular formula is C17H28N6O. The zero-order valence-corrected chi connectivity index (χ0v) is 14.9. The third-order valence-electron chi connectivity index (χ3n) is 4.47. The average molecular weight is 332 g/mol. The molecular weight excluding hydrogens is 304 g/mol. The molecule has 7 heteroatoms. The first-order chi connectivity index (χ1) is 11.7. The molecule has 0 saturated carbocycles. The number of fused-ring (bicyclic) bond motifs is 1. The lowest BCUT2D eigenvalue weighted by molar-refractivity contribution is 0.0543. The van der Waals surface area contributed by atoms with Crippen LogP contribution in [0, 0.1) is 0 Å². The maximum atomic E-state index is 5.65. The summed E-state index contributed by atoms with van der Waals surface area (Å²) in [5, 5.41) is 7.93. The van der Waals surface area contributed by atoms with Gasteiger partial charge in [-0.25, -0.2) is 4.98 Å². The van der Waals surface area contributed by atoms with Crippen LogP contribution in [0.1, 0.15) is 39.3 Å². The molecule has 3 rings (SSSR count). The molecule has 2 aromatic heterocycles. The number of aromatic nitrogens is 4. The fourth-order valence-electron chi connectivity index (χ4n) is 3.07. The highest BCUT2D eigenvalue weighted by atomic mass is 16.5. The van der Waals surface area contributed by atoms with Crippen LogP contribution in [0.4, 0.5) is 5.82 Å². The van der Waals surface area contributed by atoms with E-state index in [4.69, 9.17) is 4.74 Å². The second-order valence-electron chi connectivity index (χ2n) is 6.64. The molecule has 0 amide bonds. The van der Waals surface area contributed by atoms with Gasteiger partial charge in [0.2, 0.25) is 0 Å². The number of aryl methyl sites for hydroxylation is 1. The second-order valence-corrected chi connectivity index (χ2v) is 6.64. The molecule has 3 heterocycles. The Morgan fingerprint density at radius 3 is 2.83 bits per heavy atom. The zero-order valence-electron chi connectivity index (χ0n) is 14.9. The highest BCUT2D eigenvalue weighted by molar-refractivity contribution is 5.45. The third kappa shape index (κ3) is 4.21. The first-order valence-corrected chi connectivity index (χ1v) is 8.96. The normalized spacial score (nSPS) is 17.0. The minimum atomic E-state index is 0.314. The lowest BCUT2D eigenvalue weighted by atomic mass is 10.1. The molecule has 0 unspecified atom stereocenters. The number of nitrogens with one attached hydrogen (secondary N) is 1. The van der Waals surface area contributed by atoms with E-state index in [9.17, 15) is 0 Å². The van der Waals surface area contributed by atoms with Gasteiger partial charge in [0, 0.05) is 37.4 Å². The number of likely N-dealkylation sites (tertiary alicyclic amines) is 1. The van der Waals surface area contributed by atoms with Gasteiger partial charge in [0.1, 0.15) is 12.1 Å². The van der Waals surface area contributed by atoms with E-state index in [1.165, 1.54) is 0 Å². The van der Waals surface area contributed by atoms with Crippen molar-refractivity contribution in [2.75, 3.05) is 31.6 Å². The summed E-state index contributed by atoms with van der Waals surface area (Å²) in [5.74, 6) is 1.66. The molecule has 1 saturated heterocycles. The van der Waals surface area contributed by atoms with Gasteiger partial charge in [0.15, 0.2) is 0 Å². The Morgan fingerprint density at radius 1 is 1.33 bits per heavy atom. The predicted octanol–water partition coefficient (Wildman–Crippen LogP) is 1.99. The highest BCUT2D eigenvalue weighted by Gasteiger charge is 2.20. The van der Waals surface area contributed by atoms with Crippen LogP contribution in [0.15, 0.2) is 12.4 Å². The van der Waals surface area contributed by atoms with Crippen LogP contribution in [-0.4, -0.2) is 62.9 Å². The number of ether oxygens (including phenoxy) is 1. The van der Waals surface area contributed by atoms with Crippen molar-refractivity contribution in [2.45, 2.75) is 52.2 Å². The van der Waals surface area contributed by atoms with Gasteiger partial charge >= 0.3 is 0 Å². The number of anilines is 1. The molecule has 1 aliphatic heterocycles. The lowest BCUT2D eigenvalue weighted by Crippen LogP contribution is -2.41. The highest BCUT2D eigenvalue weighted by Crippen LogP contribution is 2.18. The lowest BCUT2D eigenvalue weighted by Gasteiger charge is -2.32. The summed E-state index contributed by atoms with van der Waals surface area (Å²) in [4.78, 5) is 11.2. The number of nitrogens with zero attached hydrogens (tertiary/aromatic N) is 5. The Labute approximate surface area is 143 Å². The Kier molecular flexibility index (Phi) is 5.63. The fourth-order valence-corrected chi connectivity index (χ4v) is 3.07. The third-order valence-corrected chi connectivity index (χ3v) is 4.47. The van der Waals surface area contributed by atoms with E-state index in [1.807, 2.05) is 0 Å². The predicted molar refractivity (Wildman–Crippen MR) is 94.3 cm³/mol. The molecule has 1 N–H and O–H groups in total. The van der Waals surface area contributed by atoms with Crippen molar-refractivity contribution in [3.8, 4) is 0 Å². The number of piperidine rings is 1. The summed E-state index contributed by atoms with van der Waals surface area (Å²) >= 11 is 0. The van der Waals surface area contributed by atoms with E-state index >= 15 is 0 Å². The van der Waals surface area contributed by atoms with Gasteiger partial charge in [0.25, 0.3) is 5.78 Å². The molecule has 7 nitrogen and oxygen atoms in total. The average Bonchev–Trinajstić information content (AvgIpc) is 3.05. The number of hydrogen-bond acceptors (Lipinski definition) is 6. The zero-order chi connectivity index (χ0) is 16.9. The number of hydrogen-bond donors (Lipinski definition) is 1. The van der Waals surface area contributed by atoms with Gasteiger partial charge < -0.3 is 15.0 Å². The van der Waals surface area contributed by atoms with E-state index in [0.29, 0.717) is 17.9 Å². The van der Waals surface area contributed by atoms with E-state index in [2.05, 4.69) is 52.1 Å². The molecule has 0 bridgehead atoms. The van der Waals surface area contributed by atoms with Gasteiger partial charge in [-0.3, -0.25) is 0 Å². The van der Waals surface area contributed by atoms with Gasteiger partial charge in [-0.15, -0.1) is 0 Å². The Hall–Kier alpha value is -1.73. The summed E-state index contributed by atoms with van der Waals surface area (Å²) in [7, 11) is 0. The summed E-state index contributed by atoms with van der Waals surface area (Å²) in [5.41, 5.74) is 1.04. The standard InChI is InChI=1S/C17H28N6O/c1-4-14-11-16(23-17(21-14)18-12-19-23)20-15-5-7-22(8-6-15)9-10-24-13(2)3/h11-13,15,20H,4-10H2,1-3H3. The van der Waals surface area contributed by atoms with Crippen LogP contribution in [0.25, 0.3) is 5.78 Å². The summed E-state index contributed by atoms with van der Waals surface area (Å²) in [6, 6.07) is 2.55. The van der Waals surface area contributed by atoms with Gasteiger partial charge in [-0.2, -0.15) is 14.6 Å². The molecule has 1 fully saturated rings. The Morgan fingerprint density at radius 2 is 2.12 bits per heavy atom. The van der Waals surface area contributed by atoms with Crippen molar-refractivity contribution in [2.24, 2.45) is 0 Å². The molecule has 0 atom stereocenters. The summed E-state index contributed by atoms with van der Waals surface area (Å²) in [6.07, 6.45) is 5.02. The first kappa shape index (κ1) is 17.1. The number of rotatable bonds is 7. The van der Waals surface area contributed by atoms with Crippen LogP contribution >= 0.6 is 0 Å². The van der Waals surface area contributed by atoms with Gasteiger partial charge in [0.05, 0.1) is 12.7 Å². The molecule has 0 spiro atoms. The molecule has 0 radical (unpaired) electrons. The van der Waals surface area contributed by atoms with E-state index in [0.717, 1.165) is 57.0 Å². The maximum Gasteiger partial charge on any atom is 0.254 e. The van der Waals surface area contributed by atoms with Crippen LogP contribution in [0.2, 0.25) is 0 Å². The maximum absolute atomic E-state index is 5.65. The van der Waals surface area contributed by atoms with Crippen molar-refractivity contribution >= 4 is 11.6 Å². The van der Waals surface area contributed by atoms with Crippen LogP contribution in [-0.2, 0) is 11.2 Å². The van der Waals surface area contributed by atoms with Crippen molar-refractivity contribution in [3.05, 3.63) is 18.1 Å². The molecule has 0 aromatic carbocycles. The van der Waals surface area contributed by atoms with Crippen molar-refractivity contribution in [1.29, 1.82) is 0 Å². The molecule has 1 aliphatic rings. The van der Waals surface area contributed by atoms with Crippen LogP contribution < -0.4 is 5.32 Å². The molecule has 24 heavy (non-hydrogen) atoms. The second kappa shape index (κ2) is 7.90. The smallest absolute Gasteiger partial charge is 0.254 e. The quantitative estimate of drug-likeness (QED) is 0.836. The summed E-state index contributed by atoms with van der Waals surface area (Å²) < 4.78 is 7.44. The van der Waals surface area contributed by atoms with E-state index in [-0.39, 0.29) is 0 Å². The van der Waals surface area contributed by atoms with E-state index in [1.54, 1.807) is 10.8 Å². The summed E-state index contributed by atoms with van der Waals surface area (Å²) in [6.45, 7) is 10.3. The SMILES string of the molecule is CCc1cc(NC2CCN(CCOC(C)C)CC2)n2ncnc2n1. The molecule has 2 aromatic rings. The Bertz CT molecular complexity index is 648. The van der Waals surface area contributed by atoms with Crippen molar-refractivity contribution < 1.29 is 4.74 Å². The minimum Gasteiger partial charge on any atom is -0.377 e. The largest absolute Gasteiger partial charge is 0.377 e. The van der Waals surface area contributed by atoms with Crippen LogP contribution in [0.5, 0.6) is 0 Å². The molecule has 0 aliphatic carbocycles. The van der Waals surface area contributed by atoms with Crippen LogP contribution in [0.3, 0.4) is 0 Å². The Balaban J connectivity index is 1.55. The monoisotopic (exact) mass is 332 g/mol. The van der Waals surface area contributed by atoms with Crippen molar-refractivity contribution in [3.63, 3.8) is 0 Å². The minimum absolute atomic E-state index is 0.314. The van der Waals surface area contributed by atoms with Crippen molar-refractivity contribution in [1.82, 2.24) is 24.5 Å². The topological polar surface area (TPSA) is 67.6 Å². The first-order valence-electron chi connectivity index (χ1n) is 8.96. The van der Waals surface area contributed by atoms with Gasteiger partial charge in [-0.05, 0) is 33.1 Å². The van der Waals surface area contributed by atoms with E-state index < -0.39 is 0 Å². The van der Waals surface area contributed by atoms with Gasteiger partial charge in [-0.1, -0.05) is 6.92 Å². The fraction of sp³-hybridized carbons (Fsp3) is 0.706. The molecule has 132 valence electrons.